The van der Waals surface area contributed by atoms with Gasteiger partial charge in [0.1, 0.15) is 39.8 Å². The van der Waals surface area contributed by atoms with Gasteiger partial charge in [-0.15, -0.1) is 0 Å². The second kappa shape index (κ2) is 36.6. The van der Waals surface area contributed by atoms with Crippen molar-refractivity contribution in [1.29, 1.82) is 0 Å². The second-order valence-corrected chi connectivity index (χ2v) is 35.3. The average Bonchev–Trinajstić information content (AvgIpc) is 1.48. The van der Waals surface area contributed by atoms with Crippen molar-refractivity contribution in [3.05, 3.63) is 398 Å². The number of halogens is 2. The molecule has 0 atom stereocenters. The number of carbonyl (C=O) groups excluding carboxylic acids is 3. The molecule has 0 radical (unpaired) electrons. The Hall–Kier alpha value is -16.2. The summed E-state index contributed by atoms with van der Waals surface area (Å²) in [5, 5.41) is 26.6. The number of imidazole rings is 2. The predicted molar refractivity (Wildman–Crippen MR) is 525 cm³/mol. The van der Waals surface area contributed by atoms with Crippen LogP contribution in [0.3, 0.4) is 0 Å². The Morgan fingerprint density at radius 3 is 1.25 bits per heavy atom. The lowest BCUT2D eigenvalue weighted by Gasteiger charge is -2.37. The maximum absolute atomic E-state index is 14.5. The molecule has 0 bridgehead atoms. The van der Waals surface area contributed by atoms with Crippen molar-refractivity contribution in [3.63, 3.8) is 0 Å². The van der Waals surface area contributed by atoms with Crippen LogP contribution in [-0.2, 0) is 30.0 Å². The van der Waals surface area contributed by atoms with Crippen molar-refractivity contribution in [2.75, 3.05) is 10.6 Å². The normalized spacial score (nSPS) is 13.0. The number of pyridine rings is 4. The molecule has 1 saturated heterocycles. The van der Waals surface area contributed by atoms with Gasteiger partial charge < -0.3 is 29.9 Å². The summed E-state index contributed by atoms with van der Waals surface area (Å²) in [6.45, 7) is 16.2. The molecule has 1 aliphatic rings. The van der Waals surface area contributed by atoms with E-state index in [2.05, 4.69) is 183 Å². The molecule has 2 amide bonds. The fraction of sp³-hybridized carbons (Fsp3) is 0.145. The second-order valence-electron chi connectivity index (χ2n) is 35.3. The monoisotopic (exact) mass is 1770 g/mol. The Kier molecular flexibility index (Phi) is 23.8. The lowest BCUT2D eigenvalue weighted by molar-refractivity contribution is -0.117. The van der Waals surface area contributed by atoms with E-state index in [0.29, 0.717) is 86.2 Å². The van der Waals surface area contributed by atoms with Gasteiger partial charge in [0, 0.05) is 76.0 Å². The van der Waals surface area contributed by atoms with Crippen LogP contribution in [0.15, 0.2) is 347 Å². The molecule has 0 saturated carbocycles. The first-order valence-electron chi connectivity index (χ1n) is 44.5. The van der Waals surface area contributed by atoms with Crippen LogP contribution in [0.4, 0.5) is 20.2 Å². The summed E-state index contributed by atoms with van der Waals surface area (Å²) >= 11 is 0. The third-order valence-corrected chi connectivity index (χ3v) is 24.8. The quantitative estimate of drug-likeness (QED) is 0.0240. The van der Waals surface area contributed by atoms with E-state index in [-0.39, 0.29) is 35.3 Å². The molecule has 10 heterocycles. The molecule has 20 aromatic rings. The van der Waals surface area contributed by atoms with Crippen LogP contribution >= 0.6 is 0 Å². The number of rotatable bonds is 22. The van der Waals surface area contributed by atoms with Crippen molar-refractivity contribution in [2.24, 2.45) is 11.8 Å². The van der Waals surface area contributed by atoms with Gasteiger partial charge in [0.15, 0.2) is 17.9 Å². The number of hydrogen-bond acceptors (Lipinski definition) is 14. The fourth-order valence-corrected chi connectivity index (χ4v) is 17.9. The molecule has 134 heavy (non-hydrogen) atoms. The number of aldehydes is 1. The number of carbonyl (C=O) groups is 3. The first-order valence-corrected chi connectivity index (χ1v) is 44.5. The summed E-state index contributed by atoms with van der Waals surface area (Å²) < 4.78 is 45.1. The van der Waals surface area contributed by atoms with Crippen molar-refractivity contribution in [2.45, 2.75) is 90.5 Å². The zero-order chi connectivity index (χ0) is 92.4. The number of aromatic amines is 3. The minimum absolute atomic E-state index is 0.0384. The number of fused-ring (bicyclic) bond motifs is 5. The first kappa shape index (κ1) is 87.2. The summed E-state index contributed by atoms with van der Waals surface area (Å²) in [5.41, 5.74) is 18.9. The van der Waals surface area contributed by atoms with E-state index in [4.69, 9.17) is 29.5 Å². The Morgan fingerprint density at radius 2 is 0.813 bits per heavy atom. The summed E-state index contributed by atoms with van der Waals surface area (Å²) in [4.78, 5) is 71.9. The molecule has 1 fully saturated rings. The van der Waals surface area contributed by atoms with Crippen molar-refractivity contribution in [1.82, 2.24) is 69.6 Å². The van der Waals surface area contributed by atoms with Gasteiger partial charge in [-0.2, -0.15) is 15.3 Å². The van der Waals surface area contributed by atoms with Gasteiger partial charge in [-0.1, -0.05) is 258 Å². The van der Waals surface area contributed by atoms with E-state index in [9.17, 15) is 23.2 Å². The van der Waals surface area contributed by atoms with Crippen LogP contribution in [0.5, 0.6) is 0 Å². The van der Waals surface area contributed by atoms with Gasteiger partial charge in [-0.25, -0.2) is 28.1 Å². The topological polar surface area (TPSA) is 267 Å². The van der Waals surface area contributed by atoms with Crippen LogP contribution in [0.25, 0.3) is 122 Å². The van der Waals surface area contributed by atoms with Gasteiger partial charge in [0.05, 0.1) is 86.0 Å². The third kappa shape index (κ3) is 16.9. The zero-order valence-electron chi connectivity index (χ0n) is 74.8. The number of nitrogens with zero attached hydrogens (tertiary/aromatic N) is 11. The molecule has 24 heteroatoms. The molecule has 5 N–H and O–H groups in total. The molecule has 660 valence electrons. The maximum Gasteiger partial charge on any atom is 0.494 e. The summed E-state index contributed by atoms with van der Waals surface area (Å²) in [5.74, 6) is 0.852. The number of amides is 2. The zero-order valence-corrected chi connectivity index (χ0v) is 74.8. The van der Waals surface area contributed by atoms with Crippen molar-refractivity contribution in [3.8, 4) is 67.5 Å². The lowest BCUT2D eigenvalue weighted by Crippen LogP contribution is -2.41. The molecule has 9 aromatic heterocycles. The third-order valence-electron chi connectivity index (χ3n) is 24.8. The minimum Gasteiger partial charge on any atom is -0.399 e. The molecule has 0 unspecified atom stereocenters. The molecule has 1 aliphatic heterocycles. The number of anilines is 2. The highest BCUT2D eigenvalue weighted by molar-refractivity contribution is 6.62. The summed E-state index contributed by atoms with van der Waals surface area (Å²) in [6.07, 6.45) is 15.4. The lowest BCUT2D eigenvalue weighted by atomic mass is 9.76. The van der Waals surface area contributed by atoms with Crippen LogP contribution in [-0.4, -0.2) is 106 Å². The molecule has 21 nitrogen and oxygen atoms in total. The first-order chi connectivity index (χ1) is 65.1. The molecular weight excluding hydrogens is 1670 g/mol. The highest BCUT2D eigenvalue weighted by atomic mass is 19.1. The SMILES string of the molecule is CC(C)CC(=O)Nc1cncc(-c2ccc3[nH]nc(-c4nc5c(-c6cccc(F)c6)cncc5[nH]4)c3c2)c1.CC(C)CC(=O)Nc1cncc(-c2ccc3c(c2)c(-c2nc4c(-c5cccc(F)c5)cncc4[nH]2)nn3C(c2ccccc2)(c2ccccc2)c2ccccc2)c1.CC1(C)OB(c2ccc3c(c2)c(C=O)nn3C(c2ccccc2)(c2ccccc2)c2ccccc2)OC1(C)C. The number of aromatic nitrogens is 14. The molecule has 0 spiro atoms. The van der Waals surface area contributed by atoms with Gasteiger partial charge >= 0.3 is 7.12 Å². The Morgan fingerprint density at radius 1 is 0.410 bits per heavy atom. The van der Waals surface area contributed by atoms with E-state index in [0.717, 1.165) is 111 Å². The highest BCUT2D eigenvalue weighted by Crippen LogP contribution is 2.48. The van der Waals surface area contributed by atoms with Gasteiger partial charge in [0.25, 0.3) is 0 Å². The Bertz CT molecular complexity index is 7510. The van der Waals surface area contributed by atoms with Gasteiger partial charge in [-0.05, 0) is 167 Å². The fourth-order valence-electron chi connectivity index (χ4n) is 17.9. The van der Waals surface area contributed by atoms with E-state index in [1.807, 2.05) is 194 Å². The van der Waals surface area contributed by atoms with E-state index in [1.54, 1.807) is 61.7 Å². The molecule has 0 aliphatic carbocycles. The predicted octanol–water partition coefficient (Wildman–Crippen LogP) is 23.0. The van der Waals surface area contributed by atoms with Crippen LogP contribution in [0.2, 0.25) is 0 Å². The molecule has 11 aromatic carbocycles. The van der Waals surface area contributed by atoms with Gasteiger partial charge in [0.2, 0.25) is 11.8 Å². The molecular formula is C110H93BF2N16O5. The Labute approximate surface area is 772 Å². The van der Waals surface area contributed by atoms with E-state index < -0.39 is 29.4 Å². The van der Waals surface area contributed by atoms with Gasteiger partial charge in [-0.3, -0.25) is 39.4 Å². The number of hydrogen-bond donors (Lipinski definition) is 5. The summed E-state index contributed by atoms with van der Waals surface area (Å²) in [7, 11) is -0.538. The van der Waals surface area contributed by atoms with Crippen LogP contribution in [0.1, 0.15) is 112 Å². The molecule has 21 rings (SSSR count). The van der Waals surface area contributed by atoms with Crippen molar-refractivity contribution >= 4 is 96.8 Å². The van der Waals surface area contributed by atoms with E-state index in [1.165, 1.54) is 24.3 Å². The Balaban J connectivity index is 0.000000133. The van der Waals surface area contributed by atoms with Crippen LogP contribution in [0, 0.1) is 23.5 Å². The highest BCUT2D eigenvalue weighted by Gasteiger charge is 2.52. The number of nitrogens with one attached hydrogen (secondary N) is 5. The maximum atomic E-state index is 14.5. The summed E-state index contributed by atoms with van der Waals surface area (Å²) in [6, 6.07) is 97.2. The standard InChI is InChI=1S/C48H38FN7O.C33H31BN2O3.C29H24FN7O/c1-31(2)23-44(57)52-39-25-34(27-50-28-39)32-21-22-43-40(26-32)46(47-53-42-30-51-29-41(45(42)54-47)33-13-12-20-38(49)24-33)55-56(43)48(35-14-6-3-7-15-35,36-16-8-4-9-17-36)37-18-10-5-11-19-37;1-31(2)32(3,4)39-34(38-31)27-20-21-30-28(22-27)29(23-37)35-36(30)33(24-14-8-5-9-15-24,25-16-10-6-11-17-25)26-18-12-7-13-19-26;1-16(2)8-26(38)33-21-10-19(12-31-13-21)17-6-7-24-22(11-17)28(37-36-24)29-34-25-15-32-14-23(27(25)35-29)18-4-3-5-20(30)9-18/h3-22,24-31H,23H2,1-2H3,(H,52,57)(H,53,54);5-23H,1-4H3;3-7,9-16H,8H2,1-2H3,(H,33,38)(H,34,35)(H,36,37). The van der Waals surface area contributed by atoms with E-state index >= 15 is 0 Å². The smallest absolute Gasteiger partial charge is 0.399 e. The van der Waals surface area contributed by atoms with Crippen LogP contribution < -0.4 is 16.1 Å². The van der Waals surface area contributed by atoms with Crippen molar-refractivity contribution < 1.29 is 32.5 Å². The number of benzene rings is 11. The minimum atomic E-state index is -0.912. The largest absolute Gasteiger partial charge is 0.494 e. The average molecular weight is 1770 g/mol. The number of H-pyrrole nitrogens is 3.